The molecular formula is C19H26N4O2. The molecule has 0 radical (unpaired) electrons. The first-order chi connectivity index (χ1) is 12.0. The van der Waals surface area contributed by atoms with Gasteiger partial charge in [-0.1, -0.05) is 19.0 Å². The van der Waals surface area contributed by atoms with Crippen molar-refractivity contribution in [2.24, 2.45) is 5.92 Å². The van der Waals surface area contributed by atoms with Gasteiger partial charge in [0.2, 0.25) is 5.76 Å². The third kappa shape index (κ3) is 4.00. The second kappa shape index (κ2) is 7.25. The molecular weight excluding hydrogens is 316 g/mol. The predicted molar refractivity (Wildman–Crippen MR) is 96.8 cm³/mol. The van der Waals surface area contributed by atoms with E-state index in [9.17, 15) is 4.79 Å². The number of aromatic nitrogens is 2. The summed E-state index contributed by atoms with van der Waals surface area (Å²) in [5.74, 6) is 1.00. The normalized spacial score (nSPS) is 17.3. The Labute approximate surface area is 148 Å². The number of nitrogens with one attached hydrogen (secondary N) is 1. The highest BCUT2D eigenvalue weighted by Crippen LogP contribution is 2.29. The number of hydrogen-bond donors (Lipinski definition) is 1. The number of carbonyl (C=O) groups excluding carboxylic acids is 1. The standard InChI is InChI=1S/C19H26N4O2/c1-12(2)7-16-10-18(25-22-16)19(24)23-6-5-14(11-23)17-9-15(20-4)8-13(3)21-17/h8-10,12,14H,5-7,11H2,1-4H3,(H,20,21)/t14-/m0/s1. The van der Waals surface area contributed by atoms with Gasteiger partial charge in [-0.3, -0.25) is 9.78 Å². The summed E-state index contributed by atoms with van der Waals surface area (Å²) in [6, 6.07) is 5.87. The number of hydrogen-bond acceptors (Lipinski definition) is 5. The Balaban J connectivity index is 1.69. The molecule has 1 saturated heterocycles. The number of aryl methyl sites for hydroxylation is 1. The van der Waals surface area contributed by atoms with Crippen molar-refractivity contribution in [2.45, 2.75) is 39.5 Å². The summed E-state index contributed by atoms with van der Waals surface area (Å²) in [6.07, 6.45) is 1.73. The van der Waals surface area contributed by atoms with Gasteiger partial charge in [0.1, 0.15) is 0 Å². The summed E-state index contributed by atoms with van der Waals surface area (Å²) in [5, 5.41) is 7.18. The quantitative estimate of drug-likeness (QED) is 0.903. The summed E-state index contributed by atoms with van der Waals surface area (Å²) in [4.78, 5) is 19.2. The number of amides is 1. The first-order valence-electron chi connectivity index (χ1n) is 8.87. The zero-order valence-electron chi connectivity index (χ0n) is 15.4. The molecule has 0 unspecified atom stereocenters. The van der Waals surface area contributed by atoms with E-state index >= 15 is 0 Å². The van der Waals surface area contributed by atoms with Gasteiger partial charge in [-0.2, -0.15) is 0 Å². The highest BCUT2D eigenvalue weighted by atomic mass is 16.5. The molecule has 6 nitrogen and oxygen atoms in total. The lowest BCUT2D eigenvalue weighted by Gasteiger charge is -2.15. The second-order valence-corrected chi connectivity index (χ2v) is 7.19. The summed E-state index contributed by atoms with van der Waals surface area (Å²) in [6.45, 7) is 7.62. The van der Waals surface area contributed by atoms with Crippen LogP contribution in [0.1, 0.15) is 53.8 Å². The molecule has 1 amide bonds. The van der Waals surface area contributed by atoms with Gasteiger partial charge in [0.05, 0.1) is 5.69 Å². The number of pyridine rings is 1. The molecule has 0 aliphatic carbocycles. The molecule has 1 atom stereocenters. The molecule has 0 spiro atoms. The van der Waals surface area contributed by atoms with Crippen molar-refractivity contribution in [3.63, 3.8) is 0 Å². The topological polar surface area (TPSA) is 71.3 Å². The molecule has 2 aromatic heterocycles. The van der Waals surface area contributed by atoms with Crippen molar-refractivity contribution in [2.75, 3.05) is 25.5 Å². The highest BCUT2D eigenvalue weighted by Gasteiger charge is 2.31. The number of likely N-dealkylation sites (tertiary alicyclic amines) is 1. The van der Waals surface area contributed by atoms with Crippen molar-refractivity contribution in [1.29, 1.82) is 0 Å². The van der Waals surface area contributed by atoms with Crippen LogP contribution >= 0.6 is 0 Å². The van der Waals surface area contributed by atoms with Gasteiger partial charge in [-0.25, -0.2) is 0 Å². The maximum absolute atomic E-state index is 12.7. The van der Waals surface area contributed by atoms with Gasteiger partial charge in [0.15, 0.2) is 0 Å². The van der Waals surface area contributed by atoms with Crippen molar-refractivity contribution in [3.8, 4) is 0 Å². The number of anilines is 1. The third-order valence-electron chi connectivity index (χ3n) is 4.54. The first-order valence-corrected chi connectivity index (χ1v) is 8.87. The van der Waals surface area contributed by atoms with Gasteiger partial charge in [-0.15, -0.1) is 0 Å². The average molecular weight is 342 g/mol. The molecule has 2 aromatic rings. The Morgan fingerprint density at radius 1 is 1.40 bits per heavy atom. The fraction of sp³-hybridized carbons (Fsp3) is 0.526. The van der Waals surface area contributed by atoms with Crippen LogP contribution in [0.4, 0.5) is 5.69 Å². The number of nitrogens with zero attached hydrogens (tertiary/aromatic N) is 3. The first kappa shape index (κ1) is 17.5. The Hall–Kier alpha value is -2.37. The lowest BCUT2D eigenvalue weighted by molar-refractivity contribution is 0.0749. The van der Waals surface area contributed by atoms with E-state index in [4.69, 9.17) is 4.52 Å². The Morgan fingerprint density at radius 3 is 2.92 bits per heavy atom. The Bertz CT molecular complexity index is 754. The monoisotopic (exact) mass is 342 g/mol. The molecule has 6 heteroatoms. The molecule has 0 bridgehead atoms. The summed E-state index contributed by atoms with van der Waals surface area (Å²) < 4.78 is 5.27. The molecule has 0 aromatic carbocycles. The molecule has 1 N–H and O–H groups in total. The van der Waals surface area contributed by atoms with E-state index in [2.05, 4.69) is 35.4 Å². The molecule has 1 fully saturated rings. The van der Waals surface area contributed by atoms with Crippen LogP contribution < -0.4 is 5.32 Å². The summed E-state index contributed by atoms with van der Waals surface area (Å²) in [5.41, 5.74) is 3.92. The van der Waals surface area contributed by atoms with Gasteiger partial charge in [0.25, 0.3) is 5.91 Å². The smallest absolute Gasteiger partial charge is 0.292 e. The van der Waals surface area contributed by atoms with Gasteiger partial charge in [-0.05, 0) is 37.8 Å². The molecule has 134 valence electrons. The fourth-order valence-corrected chi connectivity index (χ4v) is 3.32. The molecule has 3 rings (SSSR count). The molecule has 0 saturated carbocycles. The van der Waals surface area contributed by atoms with Crippen LogP contribution in [0, 0.1) is 12.8 Å². The van der Waals surface area contributed by atoms with Gasteiger partial charge >= 0.3 is 0 Å². The third-order valence-corrected chi connectivity index (χ3v) is 4.54. The van der Waals surface area contributed by atoms with Gasteiger partial charge < -0.3 is 14.7 Å². The highest BCUT2D eigenvalue weighted by molar-refractivity contribution is 5.91. The summed E-state index contributed by atoms with van der Waals surface area (Å²) in [7, 11) is 1.90. The van der Waals surface area contributed by atoms with Crippen molar-refractivity contribution in [1.82, 2.24) is 15.0 Å². The van der Waals surface area contributed by atoms with E-state index in [0.717, 1.165) is 35.6 Å². The second-order valence-electron chi connectivity index (χ2n) is 7.19. The number of carbonyl (C=O) groups is 1. The van der Waals surface area contributed by atoms with Crippen molar-refractivity contribution in [3.05, 3.63) is 41.0 Å². The SMILES string of the molecule is CNc1cc(C)nc([C@H]2CCN(C(=O)c3cc(CC(C)C)no3)C2)c1. The minimum Gasteiger partial charge on any atom is -0.388 e. The maximum atomic E-state index is 12.7. The van der Waals surface area contributed by atoms with E-state index < -0.39 is 0 Å². The minimum atomic E-state index is -0.0773. The molecule has 3 heterocycles. The van der Waals surface area contributed by atoms with E-state index in [1.54, 1.807) is 6.07 Å². The average Bonchev–Trinajstić information content (AvgIpc) is 3.22. The van der Waals surface area contributed by atoms with Crippen LogP contribution in [0.2, 0.25) is 0 Å². The van der Waals surface area contributed by atoms with E-state index in [0.29, 0.717) is 24.8 Å². The molecule has 1 aliphatic rings. The van der Waals surface area contributed by atoms with Crippen LogP contribution in [0.15, 0.2) is 22.7 Å². The van der Waals surface area contributed by atoms with Crippen molar-refractivity contribution >= 4 is 11.6 Å². The Morgan fingerprint density at radius 2 is 2.20 bits per heavy atom. The lowest BCUT2D eigenvalue weighted by atomic mass is 10.0. The summed E-state index contributed by atoms with van der Waals surface area (Å²) >= 11 is 0. The zero-order chi connectivity index (χ0) is 18.0. The number of rotatable bonds is 5. The van der Waals surface area contributed by atoms with Crippen LogP contribution in [-0.2, 0) is 6.42 Å². The van der Waals surface area contributed by atoms with Crippen LogP contribution in [0.3, 0.4) is 0 Å². The van der Waals surface area contributed by atoms with E-state index in [1.165, 1.54) is 0 Å². The largest absolute Gasteiger partial charge is 0.388 e. The molecule has 25 heavy (non-hydrogen) atoms. The van der Waals surface area contributed by atoms with Crippen LogP contribution in [-0.4, -0.2) is 41.1 Å². The van der Waals surface area contributed by atoms with Crippen LogP contribution in [0.5, 0.6) is 0 Å². The fourth-order valence-electron chi connectivity index (χ4n) is 3.32. The van der Waals surface area contributed by atoms with E-state index in [-0.39, 0.29) is 11.8 Å². The lowest BCUT2D eigenvalue weighted by Crippen LogP contribution is -2.28. The van der Waals surface area contributed by atoms with E-state index in [1.807, 2.05) is 24.9 Å². The van der Waals surface area contributed by atoms with Crippen LogP contribution in [0.25, 0.3) is 0 Å². The van der Waals surface area contributed by atoms with Crippen molar-refractivity contribution < 1.29 is 9.32 Å². The zero-order valence-corrected chi connectivity index (χ0v) is 15.4. The predicted octanol–water partition coefficient (Wildman–Crippen LogP) is 3.25. The molecule has 1 aliphatic heterocycles. The maximum Gasteiger partial charge on any atom is 0.292 e. The Kier molecular flexibility index (Phi) is 5.06. The minimum absolute atomic E-state index is 0.0773. The van der Waals surface area contributed by atoms with Gasteiger partial charge in [0, 0.05) is 49.2 Å².